The summed E-state index contributed by atoms with van der Waals surface area (Å²) in [7, 11) is 0. The Morgan fingerprint density at radius 2 is 1.88 bits per heavy atom. The summed E-state index contributed by atoms with van der Waals surface area (Å²) in [5.41, 5.74) is 5.13. The van der Waals surface area contributed by atoms with Gasteiger partial charge in [0.25, 0.3) is 0 Å². The Morgan fingerprint density at radius 1 is 1.12 bits per heavy atom. The molecule has 2 aromatic rings. The summed E-state index contributed by atoms with van der Waals surface area (Å²) < 4.78 is 0. The fraction of sp³-hybridized carbons (Fsp3) is 0.381. The molecule has 0 atom stereocenters. The Morgan fingerprint density at radius 3 is 2.62 bits per heavy atom. The normalized spacial score (nSPS) is 18.0. The molecule has 3 heteroatoms. The van der Waals surface area contributed by atoms with Crippen LogP contribution in [0.3, 0.4) is 0 Å². The quantitative estimate of drug-likeness (QED) is 0.903. The summed E-state index contributed by atoms with van der Waals surface area (Å²) in [5.74, 6) is 0. The SMILES string of the molecule is Cc1ccc(C2(CNC(=O)N3CCCc4ccccc43)CC2)cc1. The van der Waals surface area contributed by atoms with Crippen LogP contribution in [0.25, 0.3) is 0 Å². The number of carbonyl (C=O) groups excluding carboxylic acids is 1. The third-order valence-electron chi connectivity index (χ3n) is 5.45. The largest absolute Gasteiger partial charge is 0.337 e. The Labute approximate surface area is 143 Å². The molecule has 1 N–H and O–H groups in total. The van der Waals surface area contributed by atoms with Crippen molar-refractivity contribution in [2.75, 3.05) is 18.0 Å². The molecule has 0 saturated heterocycles. The molecule has 1 heterocycles. The van der Waals surface area contributed by atoms with Crippen LogP contribution in [0.15, 0.2) is 48.5 Å². The predicted molar refractivity (Wildman–Crippen MR) is 97.6 cm³/mol. The van der Waals surface area contributed by atoms with E-state index in [1.54, 1.807) is 0 Å². The van der Waals surface area contributed by atoms with Crippen molar-refractivity contribution in [3.8, 4) is 0 Å². The number of rotatable bonds is 3. The van der Waals surface area contributed by atoms with Crippen LogP contribution >= 0.6 is 0 Å². The zero-order valence-electron chi connectivity index (χ0n) is 14.2. The van der Waals surface area contributed by atoms with Crippen molar-refractivity contribution in [1.82, 2.24) is 5.32 Å². The number of para-hydroxylation sites is 1. The summed E-state index contributed by atoms with van der Waals surface area (Å²) in [4.78, 5) is 14.6. The molecule has 0 bridgehead atoms. The third kappa shape index (κ3) is 2.79. The van der Waals surface area contributed by atoms with Gasteiger partial charge in [0, 0.05) is 24.2 Å². The van der Waals surface area contributed by atoms with E-state index >= 15 is 0 Å². The number of urea groups is 1. The van der Waals surface area contributed by atoms with E-state index in [2.05, 4.69) is 54.7 Å². The molecule has 1 aliphatic carbocycles. The Kier molecular flexibility index (Phi) is 3.79. The summed E-state index contributed by atoms with van der Waals surface area (Å²) in [5, 5.41) is 3.20. The lowest BCUT2D eigenvalue weighted by molar-refractivity contribution is 0.244. The molecule has 0 radical (unpaired) electrons. The fourth-order valence-corrected chi connectivity index (χ4v) is 3.71. The van der Waals surface area contributed by atoms with Crippen molar-refractivity contribution < 1.29 is 4.79 Å². The van der Waals surface area contributed by atoms with Crippen LogP contribution in [-0.2, 0) is 11.8 Å². The minimum Gasteiger partial charge on any atom is -0.337 e. The zero-order valence-corrected chi connectivity index (χ0v) is 14.2. The molecule has 1 aliphatic heterocycles. The molecule has 2 amide bonds. The maximum absolute atomic E-state index is 12.7. The molecule has 124 valence electrons. The number of carbonyl (C=O) groups is 1. The summed E-state index contributed by atoms with van der Waals surface area (Å²) >= 11 is 0. The minimum absolute atomic E-state index is 0.0422. The minimum atomic E-state index is 0.0422. The van der Waals surface area contributed by atoms with Crippen molar-refractivity contribution in [3.63, 3.8) is 0 Å². The van der Waals surface area contributed by atoms with E-state index in [9.17, 15) is 4.79 Å². The maximum Gasteiger partial charge on any atom is 0.321 e. The van der Waals surface area contributed by atoms with E-state index in [-0.39, 0.29) is 11.4 Å². The number of aryl methyl sites for hydroxylation is 2. The Balaban J connectivity index is 1.45. The van der Waals surface area contributed by atoms with Gasteiger partial charge in [-0.2, -0.15) is 0 Å². The van der Waals surface area contributed by atoms with Gasteiger partial charge >= 0.3 is 6.03 Å². The van der Waals surface area contributed by atoms with E-state index in [0.29, 0.717) is 0 Å². The number of fused-ring (bicyclic) bond motifs is 1. The molecule has 1 fully saturated rings. The second kappa shape index (κ2) is 5.97. The molecule has 2 aromatic carbocycles. The van der Waals surface area contributed by atoms with E-state index < -0.39 is 0 Å². The third-order valence-corrected chi connectivity index (χ3v) is 5.45. The van der Waals surface area contributed by atoms with Crippen molar-refractivity contribution in [1.29, 1.82) is 0 Å². The lowest BCUT2D eigenvalue weighted by Crippen LogP contribution is -2.45. The van der Waals surface area contributed by atoms with Gasteiger partial charge in [-0.15, -0.1) is 0 Å². The predicted octanol–water partition coefficient (Wildman–Crippen LogP) is 4.19. The first-order valence-electron chi connectivity index (χ1n) is 8.88. The highest BCUT2D eigenvalue weighted by atomic mass is 16.2. The summed E-state index contributed by atoms with van der Waals surface area (Å²) in [6.45, 7) is 3.65. The van der Waals surface area contributed by atoms with Gasteiger partial charge < -0.3 is 5.32 Å². The van der Waals surface area contributed by atoms with Gasteiger partial charge in [-0.05, 0) is 49.8 Å². The van der Waals surface area contributed by atoms with Gasteiger partial charge in [-0.3, -0.25) is 4.90 Å². The van der Waals surface area contributed by atoms with Gasteiger partial charge in [-0.25, -0.2) is 4.79 Å². The number of hydrogen-bond donors (Lipinski definition) is 1. The average Bonchev–Trinajstić information content (AvgIpc) is 3.41. The van der Waals surface area contributed by atoms with Crippen molar-refractivity contribution >= 4 is 11.7 Å². The van der Waals surface area contributed by atoms with Crippen molar-refractivity contribution in [3.05, 3.63) is 65.2 Å². The topological polar surface area (TPSA) is 32.3 Å². The number of amides is 2. The second-order valence-corrected chi connectivity index (χ2v) is 7.19. The molecule has 1 saturated carbocycles. The molecule has 2 aliphatic rings. The first-order valence-corrected chi connectivity index (χ1v) is 8.88. The summed E-state index contributed by atoms with van der Waals surface area (Å²) in [6, 6.07) is 17.0. The lowest BCUT2D eigenvalue weighted by Gasteiger charge is -2.30. The number of hydrogen-bond acceptors (Lipinski definition) is 1. The van der Waals surface area contributed by atoms with Gasteiger partial charge in [0.15, 0.2) is 0 Å². The van der Waals surface area contributed by atoms with Crippen LogP contribution in [0.4, 0.5) is 10.5 Å². The Hall–Kier alpha value is -2.29. The zero-order chi connectivity index (χ0) is 16.6. The molecular weight excluding hydrogens is 296 g/mol. The summed E-state index contributed by atoms with van der Waals surface area (Å²) in [6.07, 6.45) is 4.42. The van der Waals surface area contributed by atoms with Gasteiger partial charge in [0.1, 0.15) is 0 Å². The Bertz CT molecular complexity index is 747. The van der Waals surface area contributed by atoms with Crippen molar-refractivity contribution in [2.24, 2.45) is 0 Å². The highest BCUT2D eigenvalue weighted by molar-refractivity contribution is 5.93. The van der Waals surface area contributed by atoms with E-state index in [4.69, 9.17) is 0 Å². The molecular formula is C21H24N2O. The van der Waals surface area contributed by atoms with Crippen LogP contribution in [0.1, 0.15) is 36.0 Å². The number of anilines is 1. The van der Waals surface area contributed by atoms with Crippen LogP contribution in [0.5, 0.6) is 0 Å². The van der Waals surface area contributed by atoms with Gasteiger partial charge in [0.2, 0.25) is 0 Å². The monoisotopic (exact) mass is 320 g/mol. The lowest BCUT2D eigenvalue weighted by atomic mass is 9.95. The average molecular weight is 320 g/mol. The molecule has 24 heavy (non-hydrogen) atoms. The van der Waals surface area contributed by atoms with Crippen LogP contribution in [-0.4, -0.2) is 19.1 Å². The van der Waals surface area contributed by atoms with Gasteiger partial charge in [0.05, 0.1) is 0 Å². The van der Waals surface area contributed by atoms with Crippen LogP contribution < -0.4 is 10.2 Å². The standard InChI is InChI=1S/C21H24N2O/c1-16-8-10-18(11-9-16)21(12-13-21)15-22-20(24)23-14-4-6-17-5-2-3-7-19(17)23/h2-3,5,7-11H,4,6,12-15H2,1H3,(H,22,24). The number of nitrogens with one attached hydrogen (secondary N) is 1. The van der Waals surface area contributed by atoms with Gasteiger partial charge in [-0.1, -0.05) is 48.0 Å². The molecule has 4 rings (SSSR count). The first kappa shape index (κ1) is 15.3. The number of nitrogens with zero attached hydrogens (tertiary/aromatic N) is 1. The highest BCUT2D eigenvalue weighted by Gasteiger charge is 2.44. The van der Waals surface area contributed by atoms with Crippen molar-refractivity contribution in [2.45, 2.75) is 38.0 Å². The van der Waals surface area contributed by atoms with E-state index in [0.717, 1.165) is 44.5 Å². The molecule has 0 spiro atoms. The van der Waals surface area contributed by atoms with E-state index in [1.165, 1.54) is 16.7 Å². The second-order valence-electron chi connectivity index (χ2n) is 7.19. The molecule has 0 unspecified atom stereocenters. The van der Waals surface area contributed by atoms with Crippen LogP contribution in [0, 0.1) is 6.92 Å². The molecule has 3 nitrogen and oxygen atoms in total. The fourth-order valence-electron chi connectivity index (χ4n) is 3.71. The van der Waals surface area contributed by atoms with Crippen LogP contribution in [0.2, 0.25) is 0 Å². The molecule has 0 aromatic heterocycles. The highest BCUT2D eigenvalue weighted by Crippen LogP contribution is 2.47. The van der Waals surface area contributed by atoms with E-state index in [1.807, 2.05) is 11.0 Å². The number of benzene rings is 2. The maximum atomic E-state index is 12.7. The smallest absolute Gasteiger partial charge is 0.321 e. The first-order chi connectivity index (χ1) is 11.7.